The van der Waals surface area contributed by atoms with E-state index in [1.807, 2.05) is 6.07 Å². The van der Waals surface area contributed by atoms with Gasteiger partial charge in [-0.05, 0) is 12.1 Å². The quantitative estimate of drug-likeness (QED) is 0.790. The van der Waals surface area contributed by atoms with Gasteiger partial charge < -0.3 is 15.4 Å². The summed E-state index contributed by atoms with van der Waals surface area (Å²) in [5.41, 5.74) is 4.94. The highest BCUT2D eigenvalue weighted by molar-refractivity contribution is 5.81. The third-order valence-electron chi connectivity index (χ3n) is 1.65. The first-order chi connectivity index (χ1) is 7.09. The number of nitrogens with zero attached hydrogens (tertiary/aromatic N) is 1. The average Bonchev–Trinajstić information content (AvgIpc) is 2.18. The summed E-state index contributed by atoms with van der Waals surface area (Å²) in [5.74, 6) is -0.152. The van der Waals surface area contributed by atoms with Crippen molar-refractivity contribution in [3.63, 3.8) is 0 Å². The number of primary amides is 1. The first kappa shape index (κ1) is 11.0. The third-order valence-corrected chi connectivity index (χ3v) is 1.65. The summed E-state index contributed by atoms with van der Waals surface area (Å²) in [7, 11) is 1.44. The molecule has 1 aromatic rings. The molecule has 0 saturated carbocycles. The first-order valence-corrected chi connectivity index (χ1v) is 4.36. The van der Waals surface area contributed by atoms with E-state index in [0.717, 1.165) is 4.90 Å². The Hall–Kier alpha value is -2.04. The maximum Gasteiger partial charge on any atom is 0.415 e. The van der Waals surface area contributed by atoms with E-state index in [4.69, 9.17) is 10.5 Å². The standard InChI is InChI=1S/C10H12N2O3/c1-12(7-9(11)13)10(14)15-8-5-3-2-4-6-8/h2-6H,7H2,1H3,(H2,11,13). The van der Waals surface area contributed by atoms with Crippen molar-refractivity contribution in [3.05, 3.63) is 30.3 Å². The van der Waals surface area contributed by atoms with Crippen molar-refractivity contribution < 1.29 is 14.3 Å². The number of amides is 2. The van der Waals surface area contributed by atoms with Gasteiger partial charge >= 0.3 is 6.09 Å². The summed E-state index contributed by atoms with van der Waals surface area (Å²) in [6, 6.07) is 8.60. The van der Waals surface area contributed by atoms with Crippen LogP contribution in [-0.2, 0) is 4.79 Å². The number of carbonyl (C=O) groups excluding carboxylic acids is 2. The Balaban J connectivity index is 2.52. The van der Waals surface area contributed by atoms with Gasteiger partial charge in [0.05, 0.1) is 0 Å². The molecule has 0 aliphatic carbocycles. The summed E-state index contributed by atoms with van der Waals surface area (Å²) in [5, 5.41) is 0. The number of carbonyl (C=O) groups is 2. The molecule has 0 heterocycles. The van der Waals surface area contributed by atoms with Crippen LogP contribution in [0.4, 0.5) is 4.79 Å². The number of rotatable bonds is 3. The minimum atomic E-state index is -0.611. The largest absolute Gasteiger partial charge is 0.415 e. The number of likely N-dealkylation sites (N-methyl/N-ethyl adjacent to an activating group) is 1. The van der Waals surface area contributed by atoms with E-state index in [1.54, 1.807) is 24.3 Å². The molecule has 0 aliphatic heterocycles. The van der Waals surface area contributed by atoms with Crippen LogP contribution in [0.1, 0.15) is 0 Å². The highest BCUT2D eigenvalue weighted by Crippen LogP contribution is 2.09. The second kappa shape index (κ2) is 4.99. The van der Waals surface area contributed by atoms with Crippen molar-refractivity contribution >= 4 is 12.0 Å². The van der Waals surface area contributed by atoms with E-state index in [9.17, 15) is 9.59 Å². The highest BCUT2D eigenvalue weighted by Gasteiger charge is 2.12. The highest BCUT2D eigenvalue weighted by atomic mass is 16.6. The van der Waals surface area contributed by atoms with E-state index in [1.165, 1.54) is 7.05 Å². The van der Waals surface area contributed by atoms with Gasteiger partial charge in [-0.3, -0.25) is 4.79 Å². The van der Waals surface area contributed by atoms with Crippen LogP contribution in [0.2, 0.25) is 0 Å². The monoisotopic (exact) mass is 208 g/mol. The van der Waals surface area contributed by atoms with E-state index < -0.39 is 12.0 Å². The van der Waals surface area contributed by atoms with Gasteiger partial charge in [-0.25, -0.2) is 4.79 Å². The number of ether oxygens (including phenoxy) is 1. The Morgan fingerprint density at radius 3 is 2.47 bits per heavy atom. The van der Waals surface area contributed by atoms with Crippen LogP contribution in [0.5, 0.6) is 5.75 Å². The van der Waals surface area contributed by atoms with Crippen molar-refractivity contribution in [2.45, 2.75) is 0 Å². The van der Waals surface area contributed by atoms with Gasteiger partial charge in [0.25, 0.3) is 0 Å². The van der Waals surface area contributed by atoms with Gasteiger partial charge in [-0.1, -0.05) is 18.2 Å². The second-order valence-corrected chi connectivity index (χ2v) is 3.00. The molecule has 2 N–H and O–H groups in total. The zero-order valence-electron chi connectivity index (χ0n) is 8.34. The fraction of sp³-hybridized carbons (Fsp3) is 0.200. The molecule has 0 aromatic heterocycles. The van der Waals surface area contributed by atoms with Gasteiger partial charge in [0, 0.05) is 7.05 Å². The normalized spacial score (nSPS) is 9.40. The topological polar surface area (TPSA) is 72.6 Å². The zero-order chi connectivity index (χ0) is 11.3. The molecule has 1 aromatic carbocycles. The molecule has 0 spiro atoms. The fourth-order valence-electron chi connectivity index (χ4n) is 0.966. The molecule has 0 atom stereocenters. The minimum absolute atomic E-state index is 0.161. The molecule has 15 heavy (non-hydrogen) atoms. The summed E-state index contributed by atoms with van der Waals surface area (Å²) in [6.07, 6.45) is -0.611. The molecule has 0 aliphatic rings. The molecule has 0 bridgehead atoms. The van der Waals surface area contributed by atoms with Crippen LogP contribution in [-0.4, -0.2) is 30.5 Å². The van der Waals surface area contributed by atoms with Crippen LogP contribution in [0.3, 0.4) is 0 Å². The Bertz CT molecular complexity index is 351. The molecule has 0 unspecified atom stereocenters. The molecule has 0 fully saturated rings. The Morgan fingerprint density at radius 2 is 1.93 bits per heavy atom. The van der Waals surface area contributed by atoms with E-state index >= 15 is 0 Å². The summed E-state index contributed by atoms with van der Waals surface area (Å²) < 4.78 is 4.96. The van der Waals surface area contributed by atoms with Crippen LogP contribution in [0.15, 0.2) is 30.3 Å². The van der Waals surface area contributed by atoms with Gasteiger partial charge in [0.1, 0.15) is 12.3 Å². The molecular formula is C10H12N2O3. The SMILES string of the molecule is CN(CC(N)=O)C(=O)Oc1ccccc1. The molecule has 2 amide bonds. The Labute approximate surface area is 87.4 Å². The minimum Gasteiger partial charge on any atom is -0.410 e. The molecular weight excluding hydrogens is 196 g/mol. The first-order valence-electron chi connectivity index (χ1n) is 4.36. The van der Waals surface area contributed by atoms with Crippen LogP contribution in [0.25, 0.3) is 0 Å². The van der Waals surface area contributed by atoms with Crippen LogP contribution >= 0.6 is 0 Å². The molecule has 80 valence electrons. The van der Waals surface area contributed by atoms with E-state index in [-0.39, 0.29) is 6.54 Å². The fourth-order valence-corrected chi connectivity index (χ4v) is 0.966. The lowest BCUT2D eigenvalue weighted by Crippen LogP contribution is -2.37. The molecule has 0 saturated heterocycles. The van der Waals surface area contributed by atoms with Crippen LogP contribution in [0, 0.1) is 0 Å². The number of hydrogen-bond acceptors (Lipinski definition) is 3. The zero-order valence-corrected chi connectivity index (χ0v) is 8.34. The Morgan fingerprint density at radius 1 is 1.33 bits per heavy atom. The van der Waals surface area contributed by atoms with Gasteiger partial charge in [-0.2, -0.15) is 0 Å². The maximum absolute atomic E-state index is 11.3. The Kier molecular flexibility index (Phi) is 3.68. The number of para-hydroxylation sites is 1. The van der Waals surface area contributed by atoms with Crippen molar-refractivity contribution in [1.82, 2.24) is 4.90 Å². The summed E-state index contributed by atoms with van der Waals surface area (Å²) >= 11 is 0. The predicted octanol–water partition coefficient (Wildman–Crippen LogP) is 0.602. The second-order valence-electron chi connectivity index (χ2n) is 3.00. The molecule has 5 heteroatoms. The number of nitrogens with two attached hydrogens (primary N) is 1. The van der Waals surface area contributed by atoms with Crippen molar-refractivity contribution in [2.24, 2.45) is 5.73 Å². The number of benzene rings is 1. The van der Waals surface area contributed by atoms with Gasteiger partial charge in [0.15, 0.2) is 0 Å². The van der Waals surface area contributed by atoms with Crippen molar-refractivity contribution in [1.29, 1.82) is 0 Å². The van der Waals surface area contributed by atoms with E-state index in [2.05, 4.69) is 0 Å². The molecule has 5 nitrogen and oxygen atoms in total. The smallest absolute Gasteiger partial charge is 0.410 e. The average molecular weight is 208 g/mol. The van der Waals surface area contributed by atoms with Crippen molar-refractivity contribution in [3.8, 4) is 5.75 Å². The van der Waals surface area contributed by atoms with Gasteiger partial charge in [0.2, 0.25) is 5.91 Å². The van der Waals surface area contributed by atoms with E-state index in [0.29, 0.717) is 5.75 Å². The van der Waals surface area contributed by atoms with Crippen LogP contribution < -0.4 is 10.5 Å². The lowest BCUT2D eigenvalue weighted by Gasteiger charge is -2.14. The summed E-state index contributed by atoms with van der Waals surface area (Å²) in [4.78, 5) is 23.0. The molecule has 0 radical (unpaired) electrons. The van der Waals surface area contributed by atoms with Gasteiger partial charge in [-0.15, -0.1) is 0 Å². The number of hydrogen-bond donors (Lipinski definition) is 1. The molecule has 1 rings (SSSR count). The lowest BCUT2D eigenvalue weighted by molar-refractivity contribution is -0.118. The summed E-state index contributed by atoms with van der Waals surface area (Å²) in [6.45, 7) is -0.161. The lowest BCUT2D eigenvalue weighted by atomic mass is 10.3. The third kappa shape index (κ3) is 3.68. The maximum atomic E-state index is 11.3. The predicted molar refractivity (Wildman–Crippen MR) is 54.3 cm³/mol. The van der Waals surface area contributed by atoms with Crippen molar-refractivity contribution in [2.75, 3.05) is 13.6 Å².